The normalized spacial score (nSPS) is 11.3. The zero-order valence-corrected chi connectivity index (χ0v) is 18.0. The molecule has 0 amide bonds. The number of nitrogens with one attached hydrogen (secondary N) is 2. The van der Waals surface area contributed by atoms with Crippen molar-refractivity contribution in [2.45, 2.75) is 26.5 Å². The highest BCUT2D eigenvalue weighted by molar-refractivity contribution is 14.0. The molecule has 0 saturated heterocycles. The predicted molar refractivity (Wildman–Crippen MR) is 115 cm³/mol. The van der Waals surface area contributed by atoms with Crippen molar-refractivity contribution in [3.05, 3.63) is 35.4 Å². The molecule has 6 nitrogen and oxygen atoms in total. The first-order chi connectivity index (χ1) is 11.7. The van der Waals surface area contributed by atoms with Crippen molar-refractivity contribution in [2.24, 2.45) is 4.99 Å². The number of hydrogen-bond donors (Lipinski definition) is 3. The Balaban J connectivity index is 0.00000576. The second kappa shape index (κ2) is 15.4. The number of aliphatic imine (C=N–C) groups is 1. The number of halogens is 1. The van der Waals surface area contributed by atoms with Crippen molar-refractivity contribution in [3.8, 4) is 0 Å². The van der Waals surface area contributed by atoms with Gasteiger partial charge in [0.2, 0.25) is 0 Å². The van der Waals surface area contributed by atoms with Crippen molar-refractivity contribution in [1.29, 1.82) is 0 Å². The van der Waals surface area contributed by atoms with Gasteiger partial charge in [-0.3, -0.25) is 0 Å². The molecule has 0 aliphatic rings. The molecule has 0 aliphatic heterocycles. The first kappa shape index (κ1) is 24.1. The summed E-state index contributed by atoms with van der Waals surface area (Å²) < 4.78 is 5.07. The molecule has 0 saturated carbocycles. The molecule has 0 spiro atoms. The Kier molecular flexibility index (Phi) is 14.8. The molecule has 0 atom stereocenters. The van der Waals surface area contributed by atoms with Crippen LogP contribution in [0.1, 0.15) is 24.5 Å². The lowest BCUT2D eigenvalue weighted by Crippen LogP contribution is -2.41. The summed E-state index contributed by atoms with van der Waals surface area (Å²) in [6, 6.07) is 7.84. The van der Waals surface area contributed by atoms with Crippen molar-refractivity contribution < 1.29 is 9.84 Å². The summed E-state index contributed by atoms with van der Waals surface area (Å²) in [7, 11) is 3.84. The van der Waals surface area contributed by atoms with Crippen LogP contribution < -0.4 is 10.6 Å². The monoisotopic (exact) mass is 464 g/mol. The van der Waals surface area contributed by atoms with E-state index in [-0.39, 0.29) is 30.6 Å². The minimum absolute atomic E-state index is 0. The van der Waals surface area contributed by atoms with E-state index in [4.69, 9.17) is 4.74 Å². The largest absolute Gasteiger partial charge is 0.392 e. The summed E-state index contributed by atoms with van der Waals surface area (Å²) in [5, 5.41) is 16.0. The minimum Gasteiger partial charge on any atom is -0.392 e. The van der Waals surface area contributed by atoms with Crippen LogP contribution >= 0.6 is 24.0 Å². The van der Waals surface area contributed by atoms with Crippen molar-refractivity contribution >= 4 is 29.9 Å². The molecule has 25 heavy (non-hydrogen) atoms. The number of hydrogen-bond acceptors (Lipinski definition) is 4. The first-order valence-corrected chi connectivity index (χ1v) is 8.58. The van der Waals surface area contributed by atoms with Crippen LogP contribution in [0.4, 0.5) is 0 Å². The van der Waals surface area contributed by atoms with Crippen LogP contribution in [0.5, 0.6) is 0 Å². The van der Waals surface area contributed by atoms with Gasteiger partial charge in [-0.15, -0.1) is 24.0 Å². The maximum absolute atomic E-state index is 9.38. The Hall–Kier alpha value is -0.900. The van der Waals surface area contributed by atoms with Crippen LogP contribution in [0.3, 0.4) is 0 Å². The third-order valence-corrected chi connectivity index (χ3v) is 3.71. The predicted octanol–water partition coefficient (Wildman–Crippen LogP) is 1.82. The number of guanidine groups is 1. The number of rotatable bonds is 11. The fourth-order valence-corrected chi connectivity index (χ4v) is 2.33. The van der Waals surface area contributed by atoms with Crippen LogP contribution in [0.15, 0.2) is 29.3 Å². The Bertz CT molecular complexity index is 486. The van der Waals surface area contributed by atoms with Gasteiger partial charge >= 0.3 is 0 Å². The third kappa shape index (κ3) is 10.6. The Morgan fingerprint density at radius 1 is 1.20 bits per heavy atom. The topological polar surface area (TPSA) is 69.1 Å². The quantitative estimate of drug-likeness (QED) is 0.202. The number of ether oxygens (including phenoxy) is 1. The van der Waals surface area contributed by atoms with Gasteiger partial charge in [-0.05, 0) is 31.5 Å². The van der Waals surface area contributed by atoms with Gasteiger partial charge in [-0.2, -0.15) is 0 Å². The van der Waals surface area contributed by atoms with E-state index in [0.29, 0.717) is 6.54 Å². The average Bonchev–Trinajstić information content (AvgIpc) is 2.60. The lowest BCUT2D eigenvalue weighted by atomic mass is 10.1. The van der Waals surface area contributed by atoms with Gasteiger partial charge in [0.15, 0.2) is 5.96 Å². The fourth-order valence-electron chi connectivity index (χ4n) is 2.33. The lowest BCUT2D eigenvalue weighted by molar-refractivity contribution is 0.180. The van der Waals surface area contributed by atoms with Gasteiger partial charge in [-0.25, -0.2) is 4.99 Å². The van der Waals surface area contributed by atoms with Gasteiger partial charge in [0.1, 0.15) is 0 Å². The van der Waals surface area contributed by atoms with E-state index < -0.39 is 0 Å². The van der Waals surface area contributed by atoms with Gasteiger partial charge in [-0.1, -0.05) is 24.3 Å². The summed E-state index contributed by atoms with van der Waals surface area (Å²) in [5.74, 6) is 0.801. The number of methoxy groups -OCH3 is 1. The molecule has 3 N–H and O–H groups in total. The van der Waals surface area contributed by atoms with Crippen LogP contribution in [-0.4, -0.2) is 62.9 Å². The molecule has 0 fully saturated rings. The van der Waals surface area contributed by atoms with Crippen LogP contribution in [0, 0.1) is 0 Å². The maximum Gasteiger partial charge on any atom is 0.191 e. The Morgan fingerprint density at radius 2 is 1.92 bits per heavy atom. The maximum atomic E-state index is 9.38. The van der Waals surface area contributed by atoms with E-state index in [2.05, 4.69) is 34.5 Å². The minimum atomic E-state index is 0. The molecular weight excluding hydrogens is 431 g/mol. The number of aliphatic hydroxyl groups is 1. The number of likely N-dealkylation sites (N-methyl/N-ethyl adjacent to an activating group) is 1. The zero-order valence-electron chi connectivity index (χ0n) is 15.6. The average molecular weight is 464 g/mol. The van der Waals surface area contributed by atoms with E-state index >= 15 is 0 Å². The molecule has 1 aromatic carbocycles. The van der Waals surface area contributed by atoms with Gasteiger partial charge in [0.05, 0.1) is 13.2 Å². The SMILES string of the molecule is CCNC(=NCc1ccccc1CO)NCCN(C)CCCOC.I. The highest BCUT2D eigenvalue weighted by Crippen LogP contribution is 2.09. The summed E-state index contributed by atoms with van der Waals surface area (Å²) in [4.78, 5) is 6.88. The molecule has 7 heteroatoms. The smallest absolute Gasteiger partial charge is 0.191 e. The van der Waals surface area contributed by atoms with Crippen LogP contribution in [-0.2, 0) is 17.9 Å². The van der Waals surface area contributed by atoms with Gasteiger partial charge in [0, 0.05) is 39.9 Å². The van der Waals surface area contributed by atoms with E-state index in [9.17, 15) is 5.11 Å². The van der Waals surface area contributed by atoms with Gasteiger partial charge < -0.3 is 25.4 Å². The third-order valence-electron chi connectivity index (χ3n) is 3.71. The summed E-state index contributed by atoms with van der Waals surface area (Å²) >= 11 is 0. The number of benzene rings is 1. The fraction of sp³-hybridized carbons (Fsp3) is 0.611. The standard InChI is InChI=1S/C18H32N4O2.HI/c1-4-19-18(20-10-12-22(2)11-7-13-24-3)21-14-16-8-5-6-9-17(16)15-23;/h5-6,8-9,23H,4,7,10-15H2,1-3H3,(H2,19,20,21);1H. The molecule has 0 aliphatic carbocycles. The molecule has 1 aromatic rings. The Labute approximate surface area is 169 Å². The van der Waals surface area contributed by atoms with E-state index in [1.165, 1.54) is 0 Å². The van der Waals surface area contributed by atoms with E-state index in [1.807, 2.05) is 24.3 Å². The second-order valence-electron chi connectivity index (χ2n) is 5.70. The molecule has 0 unspecified atom stereocenters. The van der Waals surface area contributed by atoms with E-state index in [1.54, 1.807) is 7.11 Å². The Morgan fingerprint density at radius 3 is 2.56 bits per heavy atom. The molecule has 144 valence electrons. The molecule has 0 aromatic heterocycles. The van der Waals surface area contributed by atoms with Crippen molar-refractivity contribution in [3.63, 3.8) is 0 Å². The number of aliphatic hydroxyl groups excluding tert-OH is 1. The molecule has 0 heterocycles. The van der Waals surface area contributed by atoms with Gasteiger partial charge in [0.25, 0.3) is 0 Å². The van der Waals surface area contributed by atoms with Crippen LogP contribution in [0.25, 0.3) is 0 Å². The second-order valence-corrected chi connectivity index (χ2v) is 5.70. The zero-order chi connectivity index (χ0) is 17.6. The van der Waals surface area contributed by atoms with Crippen LogP contribution in [0.2, 0.25) is 0 Å². The lowest BCUT2D eigenvalue weighted by Gasteiger charge is -2.18. The van der Waals surface area contributed by atoms with Crippen molar-refractivity contribution in [2.75, 3.05) is 46.9 Å². The molecule has 0 bridgehead atoms. The summed E-state index contributed by atoms with van der Waals surface area (Å²) in [5.41, 5.74) is 1.98. The molecule has 0 radical (unpaired) electrons. The molecule has 1 rings (SSSR count). The highest BCUT2D eigenvalue weighted by Gasteiger charge is 2.02. The van der Waals surface area contributed by atoms with E-state index in [0.717, 1.165) is 56.3 Å². The summed E-state index contributed by atoms with van der Waals surface area (Å²) in [6.07, 6.45) is 1.04. The molecular formula is C18H33IN4O2. The summed E-state index contributed by atoms with van der Waals surface area (Å²) in [6.45, 7) is 7.06. The first-order valence-electron chi connectivity index (χ1n) is 8.58. The van der Waals surface area contributed by atoms with Crippen molar-refractivity contribution in [1.82, 2.24) is 15.5 Å². The highest BCUT2D eigenvalue weighted by atomic mass is 127. The number of nitrogens with zero attached hydrogens (tertiary/aromatic N) is 2.